The lowest BCUT2D eigenvalue weighted by Gasteiger charge is -2.37. The number of nitrogens with zero attached hydrogens (tertiary/aromatic N) is 2. The van der Waals surface area contributed by atoms with Gasteiger partial charge in [-0.2, -0.15) is 0 Å². The molecule has 0 bridgehead atoms. The number of carbonyl (C=O) groups excluding carboxylic acids is 2. The summed E-state index contributed by atoms with van der Waals surface area (Å²) in [4.78, 5) is 36.3. The number of ether oxygens (including phenoxy) is 2. The van der Waals surface area contributed by atoms with Crippen LogP contribution in [-0.2, 0) is 25.4 Å². The van der Waals surface area contributed by atoms with Gasteiger partial charge in [-0.05, 0) is 87.7 Å². The number of fused-ring (bicyclic) bond motifs is 7. The van der Waals surface area contributed by atoms with Gasteiger partial charge in [0.2, 0.25) is 5.91 Å². The molecule has 1 aromatic heterocycles. The van der Waals surface area contributed by atoms with Crippen LogP contribution in [0.4, 0.5) is 4.79 Å². The maximum atomic E-state index is 13.8. The summed E-state index contributed by atoms with van der Waals surface area (Å²) in [6.07, 6.45) is 2.06. The number of aromatic nitrogens is 2. The van der Waals surface area contributed by atoms with Gasteiger partial charge < -0.3 is 34.0 Å². The van der Waals surface area contributed by atoms with Gasteiger partial charge >= 0.3 is 13.2 Å². The predicted molar refractivity (Wildman–Crippen MR) is 182 cm³/mol. The molecular weight excluding hydrogens is 595 g/mol. The Morgan fingerprint density at radius 2 is 1.74 bits per heavy atom. The van der Waals surface area contributed by atoms with Gasteiger partial charge in [0.15, 0.2) is 0 Å². The Morgan fingerprint density at radius 1 is 1.02 bits per heavy atom. The number of methoxy groups -OCH3 is 1. The Morgan fingerprint density at radius 3 is 2.47 bits per heavy atom. The van der Waals surface area contributed by atoms with Crippen LogP contribution in [0.5, 0.6) is 5.75 Å². The number of hydrogen-bond donors (Lipinski definition) is 2. The fourth-order valence-corrected chi connectivity index (χ4v) is 7.02. The number of H-pyrrole nitrogens is 1. The molecule has 2 fully saturated rings. The normalized spacial score (nSPS) is 20.6. The van der Waals surface area contributed by atoms with Crippen LogP contribution in [0.2, 0.25) is 0 Å². The number of likely N-dealkylation sites (tertiary alicyclic amines) is 1. The lowest BCUT2D eigenvalue weighted by Crippen LogP contribution is -2.53. The van der Waals surface area contributed by atoms with E-state index in [1.54, 1.807) is 0 Å². The van der Waals surface area contributed by atoms with E-state index in [2.05, 4.69) is 74.4 Å². The first kappa shape index (κ1) is 31.5. The molecule has 2 saturated heterocycles. The molecule has 0 radical (unpaired) electrons. The maximum absolute atomic E-state index is 13.8. The summed E-state index contributed by atoms with van der Waals surface area (Å²) < 4.78 is 23.9. The number of alkyl carbamates (subject to hydrolysis) is 1. The Kier molecular flexibility index (Phi) is 7.75. The summed E-state index contributed by atoms with van der Waals surface area (Å²) in [6.45, 7) is 13.1. The lowest BCUT2D eigenvalue weighted by atomic mass is 9.77. The van der Waals surface area contributed by atoms with Gasteiger partial charge in [0.25, 0.3) is 0 Å². The molecule has 0 spiro atoms. The maximum Gasteiger partial charge on any atom is 0.494 e. The summed E-state index contributed by atoms with van der Waals surface area (Å²) in [5.41, 5.74) is 5.18. The van der Waals surface area contributed by atoms with Crippen LogP contribution in [0.1, 0.15) is 78.2 Å². The zero-order valence-electron chi connectivity index (χ0n) is 28.2. The van der Waals surface area contributed by atoms with Crippen LogP contribution in [0.25, 0.3) is 32.9 Å². The minimum Gasteiger partial charge on any atom is -0.488 e. The zero-order valence-corrected chi connectivity index (χ0v) is 28.2. The van der Waals surface area contributed by atoms with Gasteiger partial charge in [0.05, 0.1) is 35.4 Å². The monoisotopic (exact) mass is 638 g/mol. The fraction of sp³-hybridized carbons (Fsp3) is 0.472. The molecule has 2 atom stereocenters. The standard InChI is InChI=1S/C36H43BN4O6/c1-20(2)29(40-34(43)44-7)33(42)41-17-9-8-10-28(41)32-38-27-16-15-26-24(30(27)39-32)13-14-25-23-12-11-22(18-21(23)19-45-31(25)26)37-46-35(3,4)36(5,6)47-37/h11-16,18,20,28-29H,8-10,17,19H2,1-7H3,(H,38,39)(H,40,43)/t28-,29-/m0/s1. The van der Waals surface area contributed by atoms with Crippen molar-refractivity contribution >= 4 is 46.4 Å². The van der Waals surface area contributed by atoms with E-state index in [1.807, 2.05) is 24.8 Å². The topological polar surface area (TPSA) is 115 Å². The van der Waals surface area contributed by atoms with Crippen molar-refractivity contribution in [3.05, 3.63) is 53.9 Å². The molecule has 4 heterocycles. The van der Waals surface area contributed by atoms with Gasteiger partial charge in [-0.15, -0.1) is 0 Å². The molecule has 246 valence electrons. The molecule has 3 aliphatic rings. The molecule has 3 aliphatic heterocycles. The second-order valence-corrected chi connectivity index (χ2v) is 14.3. The smallest absolute Gasteiger partial charge is 0.488 e. The third-order valence-electron chi connectivity index (χ3n) is 10.4. The van der Waals surface area contributed by atoms with Crippen molar-refractivity contribution in [2.45, 2.75) is 90.7 Å². The van der Waals surface area contributed by atoms with Gasteiger partial charge in [-0.3, -0.25) is 4.79 Å². The highest BCUT2D eigenvalue weighted by atomic mass is 16.7. The molecule has 2 amide bonds. The van der Waals surface area contributed by atoms with Crippen LogP contribution < -0.4 is 15.5 Å². The van der Waals surface area contributed by atoms with E-state index in [9.17, 15) is 9.59 Å². The summed E-state index contributed by atoms with van der Waals surface area (Å²) in [5, 5.41) is 4.72. The van der Waals surface area contributed by atoms with Gasteiger partial charge in [0.1, 0.15) is 24.2 Å². The lowest BCUT2D eigenvalue weighted by molar-refractivity contribution is -0.138. The van der Waals surface area contributed by atoms with Crippen molar-refractivity contribution in [3.63, 3.8) is 0 Å². The van der Waals surface area contributed by atoms with Gasteiger partial charge in [-0.1, -0.05) is 38.1 Å². The average molecular weight is 639 g/mol. The zero-order chi connectivity index (χ0) is 33.2. The first-order chi connectivity index (χ1) is 22.4. The van der Waals surface area contributed by atoms with E-state index < -0.39 is 30.5 Å². The number of amides is 2. The molecular formula is C36H43BN4O6. The molecule has 0 aliphatic carbocycles. The minimum atomic E-state index is -0.687. The van der Waals surface area contributed by atoms with Gasteiger partial charge in [-0.25, -0.2) is 9.78 Å². The van der Waals surface area contributed by atoms with Crippen LogP contribution in [-0.4, -0.2) is 64.9 Å². The first-order valence-corrected chi connectivity index (χ1v) is 16.6. The van der Waals surface area contributed by atoms with Crippen LogP contribution in [0, 0.1) is 5.92 Å². The number of hydrogen-bond acceptors (Lipinski definition) is 7. The largest absolute Gasteiger partial charge is 0.494 e. The van der Waals surface area contributed by atoms with Crippen molar-refractivity contribution < 1.29 is 28.4 Å². The molecule has 2 N–H and O–H groups in total. The molecule has 11 heteroatoms. The highest BCUT2D eigenvalue weighted by molar-refractivity contribution is 6.62. The SMILES string of the molecule is COC(=O)N[C@H](C(=O)N1CCCC[C@H]1c1nc2c(ccc3c4c(ccc32)-c2ccc(B3OC(C)(C)C(C)(C)O3)cc2CO4)[nH]1)C(C)C. The number of piperidine rings is 1. The van der Waals surface area contributed by atoms with E-state index in [-0.39, 0.29) is 17.9 Å². The second-order valence-electron chi connectivity index (χ2n) is 14.3. The van der Waals surface area contributed by atoms with Crippen LogP contribution in [0.3, 0.4) is 0 Å². The van der Waals surface area contributed by atoms with Crippen molar-refractivity contribution in [1.82, 2.24) is 20.2 Å². The molecule has 47 heavy (non-hydrogen) atoms. The second kappa shape index (κ2) is 11.6. The summed E-state index contributed by atoms with van der Waals surface area (Å²) in [5.74, 6) is 1.37. The van der Waals surface area contributed by atoms with Crippen molar-refractivity contribution in [2.24, 2.45) is 5.92 Å². The van der Waals surface area contributed by atoms with E-state index in [1.165, 1.54) is 7.11 Å². The summed E-state index contributed by atoms with van der Waals surface area (Å²) in [6, 6.07) is 13.8. The van der Waals surface area contributed by atoms with Crippen LogP contribution in [0.15, 0.2) is 42.5 Å². The highest BCUT2D eigenvalue weighted by Crippen LogP contribution is 2.44. The Labute approximate surface area is 275 Å². The highest BCUT2D eigenvalue weighted by Gasteiger charge is 2.51. The average Bonchev–Trinajstić information content (AvgIpc) is 3.59. The van der Waals surface area contributed by atoms with Crippen molar-refractivity contribution in [3.8, 4) is 16.9 Å². The third-order valence-corrected chi connectivity index (χ3v) is 10.4. The predicted octanol–water partition coefficient (Wildman–Crippen LogP) is 6.01. The molecule has 0 unspecified atom stereocenters. The fourth-order valence-electron chi connectivity index (χ4n) is 7.02. The number of nitrogens with one attached hydrogen (secondary N) is 2. The van der Waals surface area contributed by atoms with Crippen LogP contribution >= 0.6 is 0 Å². The number of imidazole rings is 1. The van der Waals surface area contributed by atoms with Crippen molar-refractivity contribution in [2.75, 3.05) is 13.7 Å². The number of benzene rings is 3. The van der Waals surface area contributed by atoms with E-state index in [0.717, 1.165) is 74.8 Å². The number of rotatable bonds is 5. The summed E-state index contributed by atoms with van der Waals surface area (Å²) >= 11 is 0. The third kappa shape index (κ3) is 5.33. The molecule has 0 saturated carbocycles. The van der Waals surface area contributed by atoms with E-state index >= 15 is 0 Å². The Balaban J connectivity index is 1.20. The van der Waals surface area contributed by atoms with E-state index in [0.29, 0.717) is 13.2 Å². The van der Waals surface area contributed by atoms with Gasteiger partial charge in [0, 0.05) is 22.9 Å². The Bertz CT molecular complexity index is 1870. The van der Waals surface area contributed by atoms with Crippen molar-refractivity contribution in [1.29, 1.82) is 0 Å². The first-order valence-electron chi connectivity index (χ1n) is 16.6. The molecule has 3 aromatic carbocycles. The molecule has 7 rings (SSSR count). The number of aromatic amines is 1. The van der Waals surface area contributed by atoms with E-state index in [4.69, 9.17) is 23.8 Å². The molecule has 4 aromatic rings. The Hall–Kier alpha value is -4.09. The summed E-state index contributed by atoms with van der Waals surface area (Å²) in [7, 11) is 0.876. The number of carbonyl (C=O) groups is 2. The minimum absolute atomic E-state index is 0.102. The quantitative estimate of drug-likeness (QED) is 0.258. The molecule has 10 nitrogen and oxygen atoms in total.